The van der Waals surface area contributed by atoms with Gasteiger partial charge in [0, 0.05) is 11.6 Å². The maximum Gasteiger partial charge on any atom is 0.189 e. The first-order valence-electron chi connectivity index (χ1n) is 6.91. The standard InChI is InChI=1S/C18H18O5/c1-21-16-11-18(23-3)17(22-2)10-12(16)8-9-15(20)13-6-4-5-7-14(13)19/h4-11,19H,1-3H3. The summed E-state index contributed by atoms with van der Waals surface area (Å²) in [6, 6.07) is 9.78. The second-order valence-electron chi connectivity index (χ2n) is 4.66. The molecule has 0 saturated heterocycles. The summed E-state index contributed by atoms with van der Waals surface area (Å²) in [5.41, 5.74) is 0.900. The Morgan fingerprint density at radius 2 is 1.57 bits per heavy atom. The number of allylic oxidation sites excluding steroid dienone is 1. The molecule has 0 fully saturated rings. The number of carbonyl (C=O) groups is 1. The fourth-order valence-corrected chi connectivity index (χ4v) is 2.12. The van der Waals surface area contributed by atoms with Gasteiger partial charge in [-0.3, -0.25) is 4.79 Å². The van der Waals surface area contributed by atoms with E-state index in [0.29, 0.717) is 22.8 Å². The molecule has 5 nitrogen and oxygen atoms in total. The van der Waals surface area contributed by atoms with Gasteiger partial charge in [-0.05, 0) is 30.4 Å². The van der Waals surface area contributed by atoms with Crippen LogP contribution in [0.25, 0.3) is 6.08 Å². The Balaban J connectivity index is 2.35. The first kappa shape index (κ1) is 16.4. The highest BCUT2D eigenvalue weighted by molar-refractivity contribution is 6.08. The lowest BCUT2D eigenvalue weighted by molar-refractivity contribution is 0.104. The highest BCUT2D eigenvalue weighted by atomic mass is 16.5. The Bertz CT molecular complexity index is 734. The SMILES string of the molecule is COc1cc(OC)c(OC)cc1C=CC(=O)c1ccccc1O. The fourth-order valence-electron chi connectivity index (χ4n) is 2.12. The molecule has 0 bridgehead atoms. The maximum absolute atomic E-state index is 12.2. The van der Waals surface area contributed by atoms with Gasteiger partial charge in [0.15, 0.2) is 17.3 Å². The number of para-hydroxylation sites is 1. The molecular formula is C18H18O5. The van der Waals surface area contributed by atoms with Crippen LogP contribution >= 0.6 is 0 Å². The van der Waals surface area contributed by atoms with Crippen molar-refractivity contribution in [2.45, 2.75) is 0 Å². The van der Waals surface area contributed by atoms with Crippen LogP contribution in [0.5, 0.6) is 23.0 Å². The minimum atomic E-state index is -0.306. The third-order valence-corrected chi connectivity index (χ3v) is 3.32. The quantitative estimate of drug-likeness (QED) is 0.654. The highest BCUT2D eigenvalue weighted by Gasteiger charge is 2.11. The molecule has 0 saturated carbocycles. The lowest BCUT2D eigenvalue weighted by Crippen LogP contribution is -1.96. The number of rotatable bonds is 6. The topological polar surface area (TPSA) is 65.0 Å². The van der Waals surface area contributed by atoms with Gasteiger partial charge in [-0.1, -0.05) is 12.1 Å². The minimum Gasteiger partial charge on any atom is -0.507 e. The number of aromatic hydroxyl groups is 1. The second-order valence-corrected chi connectivity index (χ2v) is 4.66. The molecule has 1 N–H and O–H groups in total. The van der Waals surface area contributed by atoms with Gasteiger partial charge in [0.25, 0.3) is 0 Å². The summed E-state index contributed by atoms with van der Waals surface area (Å²) in [5, 5.41) is 9.71. The molecule has 2 aromatic rings. The predicted molar refractivity (Wildman–Crippen MR) is 87.6 cm³/mol. The van der Waals surface area contributed by atoms with Crippen LogP contribution in [-0.4, -0.2) is 32.2 Å². The Hall–Kier alpha value is -2.95. The zero-order valence-corrected chi connectivity index (χ0v) is 13.2. The van der Waals surface area contributed by atoms with Gasteiger partial charge >= 0.3 is 0 Å². The van der Waals surface area contributed by atoms with Crippen LogP contribution in [0.2, 0.25) is 0 Å². The van der Waals surface area contributed by atoms with Crippen LogP contribution < -0.4 is 14.2 Å². The number of hydrogen-bond acceptors (Lipinski definition) is 5. The molecule has 0 amide bonds. The van der Waals surface area contributed by atoms with Crippen molar-refractivity contribution in [3.05, 3.63) is 53.6 Å². The zero-order valence-electron chi connectivity index (χ0n) is 13.2. The summed E-state index contributed by atoms with van der Waals surface area (Å²) >= 11 is 0. The lowest BCUT2D eigenvalue weighted by atomic mass is 10.1. The number of phenolic OH excluding ortho intramolecular Hbond substituents is 1. The minimum absolute atomic E-state index is 0.0542. The number of methoxy groups -OCH3 is 3. The fraction of sp³-hybridized carbons (Fsp3) is 0.167. The summed E-state index contributed by atoms with van der Waals surface area (Å²) in [4.78, 5) is 12.2. The smallest absolute Gasteiger partial charge is 0.189 e. The van der Waals surface area contributed by atoms with Gasteiger partial charge in [0.1, 0.15) is 11.5 Å². The van der Waals surface area contributed by atoms with Gasteiger partial charge in [-0.25, -0.2) is 0 Å². The molecule has 0 unspecified atom stereocenters. The van der Waals surface area contributed by atoms with Crippen molar-refractivity contribution in [2.24, 2.45) is 0 Å². The number of carbonyl (C=O) groups excluding carboxylic acids is 1. The van der Waals surface area contributed by atoms with Gasteiger partial charge in [0.05, 0.1) is 26.9 Å². The maximum atomic E-state index is 12.2. The van der Waals surface area contributed by atoms with E-state index in [-0.39, 0.29) is 17.1 Å². The molecule has 2 rings (SSSR count). The van der Waals surface area contributed by atoms with Gasteiger partial charge in [-0.15, -0.1) is 0 Å². The van der Waals surface area contributed by atoms with Crippen LogP contribution in [0.1, 0.15) is 15.9 Å². The van der Waals surface area contributed by atoms with Crippen molar-refractivity contribution in [3.63, 3.8) is 0 Å². The number of hydrogen-bond donors (Lipinski definition) is 1. The van der Waals surface area contributed by atoms with Crippen LogP contribution in [0.3, 0.4) is 0 Å². The summed E-state index contributed by atoms with van der Waals surface area (Å²) in [6.07, 6.45) is 2.98. The molecule has 0 aliphatic carbocycles. The van der Waals surface area contributed by atoms with Crippen molar-refractivity contribution in [1.82, 2.24) is 0 Å². The first-order valence-corrected chi connectivity index (χ1v) is 6.91. The van der Waals surface area contributed by atoms with E-state index in [1.54, 1.807) is 36.4 Å². The highest BCUT2D eigenvalue weighted by Crippen LogP contribution is 2.35. The predicted octanol–water partition coefficient (Wildman–Crippen LogP) is 3.31. The number of phenols is 1. The third-order valence-electron chi connectivity index (χ3n) is 3.32. The van der Waals surface area contributed by atoms with Crippen molar-refractivity contribution >= 4 is 11.9 Å². The number of benzene rings is 2. The van der Waals surface area contributed by atoms with Crippen LogP contribution in [0.15, 0.2) is 42.5 Å². The van der Waals surface area contributed by atoms with Crippen LogP contribution in [0.4, 0.5) is 0 Å². The van der Waals surface area contributed by atoms with Gasteiger partial charge < -0.3 is 19.3 Å². The Kier molecular flexibility index (Phi) is 5.25. The summed E-state index contributed by atoms with van der Waals surface area (Å²) in [6.45, 7) is 0. The van der Waals surface area contributed by atoms with Crippen LogP contribution in [-0.2, 0) is 0 Å². The molecule has 0 spiro atoms. The van der Waals surface area contributed by atoms with E-state index in [4.69, 9.17) is 14.2 Å². The molecule has 0 atom stereocenters. The van der Waals surface area contributed by atoms with E-state index >= 15 is 0 Å². The molecule has 23 heavy (non-hydrogen) atoms. The van der Waals surface area contributed by atoms with Gasteiger partial charge in [0.2, 0.25) is 0 Å². The Labute approximate surface area is 134 Å². The Morgan fingerprint density at radius 3 is 2.17 bits per heavy atom. The Morgan fingerprint density at radius 1 is 0.957 bits per heavy atom. The van der Waals surface area contributed by atoms with Crippen molar-refractivity contribution in [1.29, 1.82) is 0 Å². The summed E-state index contributed by atoms with van der Waals surface area (Å²) in [5.74, 6) is 1.25. The molecule has 120 valence electrons. The lowest BCUT2D eigenvalue weighted by Gasteiger charge is -2.12. The zero-order chi connectivity index (χ0) is 16.8. The van der Waals surface area contributed by atoms with E-state index in [0.717, 1.165) is 0 Å². The summed E-state index contributed by atoms with van der Waals surface area (Å²) in [7, 11) is 4.60. The van der Waals surface area contributed by atoms with Crippen molar-refractivity contribution in [2.75, 3.05) is 21.3 Å². The molecule has 0 radical (unpaired) electrons. The van der Waals surface area contributed by atoms with Crippen LogP contribution in [0, 0.1) is 0 Å². The summed E-state index contributed by atoms with van der Waals surface area (Å²) < 4.78 is 15.8. The van der Waals surface area contributed by atoms with Crippen molar-refractivity contribution < 1.29 is 24.1 Å². The third kappa shape index (κ3) is 3.63. The molecule has 0 aliphatic rings. The molecule has 5 heteroatoms. The first-order chi connectivity index (χ1) is 11.1. The average molecular weight is 314 g/mol. The monoisotopic (exact) mass is 314 g/mol. The van der Waals surface area contributed by atoms with Gasteiger partial charge in [-0.2, -0.15) is 0 Å². The van der Waals surface area contributed by atoms with E-state index in [2.05, 4.69) is 0 Å². The average Bonchev–Trinajstić information content (AvgIpc) is 2.59. The molecule has 2 aromatic carbocycles. The van der Waals surface area contributed by atoms with E-state index in [9.17, 15) is 9.90 Å². The van der Waals surface area contributed by atoms with E-state index in [1.807, 2.05) is 0 Å². The molecular weight excluding hydrogens is 296 g/mol. The molecule has 0 heterocycles. The largest absolute Gasteiger partial charge is 0.507 e. The molecule has 0 aromatic heterocycles. The van der Waals surface area contributed by atoms with E-state index < -0.39 is 0 Å². The normalized spacial score (nSPS) is 10.6. The number of ether oxygens (including phenoxy) is 3. The van der Waals surface area contributed by atoms with E-state index in [1.165, 1.54) is 33.5 Å². The molecule has 0 aliphatic heterocycles. The van der Waals surface area contributed by atoms with Crippen molar-refractivity contribution in [3.8, 4) is 23.0 Å². The second kappa shape index (κ2) is 7.35. The number of ketones is 1.